The molecule has 3 aliphatic heterocycles. The summed E-state index contributed by atoms with van der Waals surface area (Å²) in [6, 6.07) is 8.85. The van der Waals surface area contributed by atoms with E-state index in [9.17, 15) is 19.5 Å². The number of hydrogen-bond donors (Lipinski definition) is 1. The fraction of sp³-hybridized carbons (Fsp3) is 0.581. The predicted molar refractivity (Wildman–Crippen MR) is 147 cm³/mol. The summed E-state index contributed by atoms with van der Waals surface area (Å²) in [5, 5.41) is 9.37. The Kier molecular flexibility index (Phi) is 9.28. The molecular weight excluding hydrogens is 496 g/mol. The normalized spacial score (nSPS) is 28.8. The van der Waals surface area contributed by atoms with Gasteiger partial charge in [0.1, 0.15) is 17.6 Å². The zero-order chi connectivity index (χ0) is 28.0. The molecule has 1 aromatic rings. The van der Waals surface area contributed by atoms with Crippen LogP contribution in [0.4, 0.5) is 0 Å². The third-order valence-electron chi connectivity index (χ3n) is 8.50. The Morgan fingerprint density at radius 1 is 1.15 bits per heavy atom. The summed E-state index contributed by atoms with van der Waals surface area (Å²) in [5.41, 5.74) is -0.985. The Labute approximate surface area is 231 Å². The Morgan fingerprint density at radius 3 is 2.62 bits per heavy atom. The first-order chi connectivity index (χ1) is 18.8. The first-order valence-corrected chi connectivity index (χ1v) is 14.2. The first-order valence-electron chi connectivity index (χ1n) is 14.2. The van der Waals surface area contributed by atoms with Crippen LogP contribution >= 0.6 is 0 Å². The molecule has 3 aliphatic rings. The molecule has 5 atom stereocenters. The lowest BCUT2D eigenvalue weighted by molar-refractivity contribution is -0.160. The molecule has 0 aliphatic carbocycles. The van der Waals surface area contributed by atoms with Gasteiger partial charge in [-0.2, -0.15) is 0 Å². The Morgan fingerprint density at radius 2 is 1.92 bits per heavy atom. The number of likely N-dealkylation sites (tertiary alicyclic amines) is 1. The molecule has 3 heterocycles. The molecule has 2 unspecified atom stereocenters. The van der Waals surface area contributed by atoms with Gasteiger partial charge in [-0.15, -0.1) is 13.2 Å². The lowest BCUT2D eigenvalue weighted by Gasteiger charge is -2.37. The number of amides is 2. The third kappa shape index (κ3) is 5.54. The number of ether oxygens (including phenoxy) is 2. The van der Waals surface area contributed by atoms with E-state index in [1.54, 1.807) is 15.9 Å². The third-order valence-corrected chi connectivity index (χ3v) is 8.50. The highest BCUT2D eigenvalue weighted by Gasteiger charge is 2.78. The van der Waals surface area contributed by atoms with Crippen LogP contribution in [0.15, 0.2) is 55.6 Å². The average molecular weight is 539 g/mol. The van der Waals surface area contributed by atoms with E-state index in [1.807, 2.05) is 43.3 Å². The largest absolute Gasteiger partial charge is 0.465 e. The van der Waals surface area contributed by atoms with Crippen molar-refractivity contribution < 1.29 is 29.0 Å². The van der Waals surface area contributed by atoms with Gasteiger partial charge in [0.25, 0.3) is 0 Å². The maximum atomic E-state index is 14.3. The quantitative estimate of drug-likeness (QED) is 0.208. The van der Waals surface area contributed by atoms with E-state index in [-0.39, 0.29) is 25.0 Å². The van der Waals surface area contributed by atoms with Crippen molar-refractivity contribution in [2.24, 2.45) is 11.8 Å². The molecule has 4 rings (SSSR count). The molecule has 2 bridgehead atoms. The van der Waals surface area contributed by atoms with Crippen LogP contribution in [0.3, 0.4) is 0 Å². The number of carbonyl (C=O) groups excluding carboxylic acids is 3. The fourth-order valence-electron chi connectivity index (χ4n) is 6.72. The minimum atomic E-state index is -1.09. The molecule has 8 nitrogen and oxygen atoms in total. The predicted octanol–water partition coefficient (Wildman–Crippen LogP) is 3.64. The van der Waals surface area contributed by atoms with Crippen molar-refractivity contribution in [2.75, 3.05) is 26.3 Å². The number of carbonyl (C=O) groups is 3. The van der Waals surface area contributed by atoms with E-state index in [4.69, 9.17) is 9.47 Å². The smallest absolute Gasteiger partial charge is 0.312 e. The Hall–Kier alpha value is -2.97. The fourth-order valence-corrected chi connectivity index (χ4v) is 6.72. The van der Waals surface area contributed by atoms with Crippen LogP contribution in [0.2, 0.25) is 0 Å². The second-order valence-corrected chi connectivity index (χ2v) is 11.1. The lowest BCUT2D eigenvalue weighted by Crippen LogP contribution is -2.56. The van der Waals surface area contributed by atoms with Crippen LogP contribution in [0, 0.1) is 11.8 Å². The second-order valence-electron chi connectivity index (χ2n) is 11.1. The molecule has 2 amide bonds. The van der Waals surface area contributed by atoms with Crippen molar-refractivity contribution in [1.82, 2.24) is 9.80 Å². The molecule has 8 heteroatoms. The Bertz CT molecular complexity index is 1060. The molecule has 3 fully saturated rings. The monoisotopic (exact) mass is 538 g/mol. The molecule has 1 aromatic carbocycles. The summed E-state index contributed by atoms with van der Waals surface area (Å²) in [5.74, 6) is -2.41. The summed E-state index contributed by atoms with van der Waals surface area (Å²) in [7, 11) is 0. The zero-order valence-corrected chi connectivity index (χ0v) is 23.1. The van der Waals surface area contributed by atoms with E-state index in [1.165, 1.54) is 0 Å². The van der Waals surface area contributed by atoms with Crippen LogP contribution in [0.5, 0.6) is 0 Å². The van der Waals surface area contributed by atoms with Crippen LogP contribution in [-0.4, -0.2) is 76.2 Å². The highest BCUT2D eigenvalue weighted by molar-refractivity contribution is 5.98. The molecule has 0 saturated carbocycles. The van der Waals surface area contributed by atoms with Gasteiger partial charge in [-0.3, -0.25) is 14.4 Å². The van der Waals surface area contributed by atoms with Gasteiger partial charge in [0.05, 0.1) is 18.1 Å². The molecule has 212 valence electrons. The maximum absolute atomic E-state index is 14.3. The number of nitrogens with zero attached hydrogens (tertiary/aromatic N) is 2. The number of benzene rings is 1. The number of hydrogen-bond acceptors (Lipinski definition) is 6. The minimum absolute atomic E-state index is 0.00118. The van der Waals surface area contributed by atoms with E-state index in [0.717, 1.165) is 24.8 Å². The van der Waals surface area contributed by atoms with Crippen molar-refractivity contribution >= 4 is 17.8 Å². The van der Waals surface area contributed by atoms with E-state index in [2.05, 4.69) is 13.2 Å². The van der Waals surface area contributed by atoms with Gasteiger partial charge in [0.15, 0.2) is 0 Å². The van der Waals surface area contributed by atoms with E-state index < -0.39 is 35.0 Å². The zero-order valence-electron chi connectivity index (χ0n) is 23.1. The van der Waals surface area contributed by atoms with Gasteiger partial charge >= 0.3 is 5.97 Å². The molecule has 0 radical (unpaired) electrons. The molecule has 3 saturated heterocycles. The molecule has 0 aromatic heterocycles. The van der Waals surface area contributed by atoms with E-state index >= 15 is 0 Å². The molecule has 39 heavy (non-hydrogen) atoms. The number of aliphatic hydroxyl groups is 1. The summed E-state index contributed by atoms with van der Waals surface area (Å²) in [6.45, 7) is 10.7. The molecule has 1 N–H and O–H groups in total. The van der Waals surface area contributed by atoms with Crippen molar-refractivity contribution in [2.45, 2.75) is 75.7 Å². The summed E-state index contributed by atoms with van der Waals surface area (Å²) in [4.78, 5) is 45.2. The topological polar surface area (TPSA) is 96.4 Å². The van der Waals surface area contributed by atoms with Gasteiger partial charge < -0.3 is 24.4 Å². The highest BCUT2D eigenvalue weighted by atomic mass is 16.6. The Balaban J connectivity index is 1.64. The van der Waals surface area contributed by atoms with Crippen LogP contribution < -0.4 is 0 Å². The van der Waals surface area contributed by atoms with Crippen LogP contribution in [-0.2, 0) is 30.4 Å². The van der Waals surface area contributed by atoms with Gasteiger partial charge in [0, 0.05) is 26.2 Å². The van der Waals surface area contributed by atoms with Gasteiger partial charge in [-0.1, -0.05) is 42.5 Å². The van der Waals surface area contributed by atoms with Crippen molar-refractivity contribution in [1.29, 1.82) is 0 Å². The summed E-state index contributed by atoms with van der Waals surface area (Å²) in [6.07, 6.45) is 8.11. The van der Waals surface area contributed by atoms with Crippen molar-refractivity contribution in [3.8, 4) is 0 Å². The second kappa shape index (κ2) is 12.5. The first kappa shape index (κ1) is 29.0. The SMILES string of the molecule is C=CCCCCOC(=O)[C@@H]1[C@H]2C(=O)N(CCCCO)C(C(=O)N(CC=C)Cc3ccccc3)C23CC[C@@]1(C)O3. The van der Waals surface area contributed by atoms with Crippen molar-refractivity contribution in [3.05, 3.63) is 61.2 Å². The van der Waals surface area contributed by atoms with Gasteiger partial charge in [0.2, 0.25) is 11.8 Å². The highest BCUT2D eigenvalue weighted by Crippen LogP contribution is 2.63. The number of fused-ring (bicyclic) bond motifs is 1. The molecular formula is C31H42N2O6. The minimum Gasteiger partial charge on any atom is -0.465 e. The van der Waals surface area contributed by atoms with Gasteiger partial charge in [-0.25, -0.2) is 0 Å². The number of aliphatic hydroxyl groups excluding tert-OH is 1. The number of unbranched alkanes of at least 4 members (excludes halogenated alkanes) is 3. The van der Waals surface area contributed by atoms with E-state index in [0.29, 0.717) is 45.3 Å². The molecule has 1 spiro atoms. The summed E-state index contributed by atoms with van der Waals surface area (Å²) < 4.78 is 12.3. The average Bonchev–Trinajstić information content (AvgIpc) is 3.49. The van der Waals surface area contributed by atoms with Crippen LogP contribution in [0.25, 0.3) is 0 Å². The number of rotatable bonds is 15. The summed E-state index contributed by atoms with van der Waals surface area (Å²) >= 11 is 0. The lowest BCUT2D eigenvalue weighted by atomic mass is 9.66. The standard InChI is InChI=1S/C31H42N2O6/c1-4-6-7-13-21-38-29(37)25-24-27(35)33(19-11-12-20-34)26(31(24)17-16-30(25,3)39-31)28(36)32(18-5-2)22-23-14-9-8-10-15-23/h4-5,8-10,14-15,24-26,34H,1-2,6-7,11-13,16-22H2,3H3/t24-,25-,26?,30+,31?/m0/s1. The maximum Gasteiger partial charge on any atom is 0.312 e. The van der Waals surface area contributed by atoms with Crippen LogP contribution in [0.1, 0.15) is 57.4 Å². The number of allylic oxidation sites excluding steroid dienone is 1. The van der Waals surface area contributed by atoms with Crippen molar-refractivity contribution in [3.63, 3.8) is 0 Å². The number of esters is 1. The van der Waals surface area contributed by atoms with Gasteiger partial charge in [-0.05, 0) is 57.4 Å².